The monoisotopic (exact) mass is 236 g/mol. The molecule has 0 aromatic carbocycles. The largest absolute Gasteiger partial charge is 0.386 e. The molecule has 1 aromatic heterocycles. The van der Waals surface area contributed by atoms with Gasteiger partial charge in [0.2, 0.25) is 0 Å². The van der Waals surface area contributed by atoms with E-state index >= 15 is 0 Å². The average Bonchev–Trinajstić information content (AvgIpc) is 2.38. The number of aliphatic hydroxyl groups is 1. The molecule has 1 aliphatic heterocycles. The van der Waals surface area contributed by atoms with Crippen molar-refractivity contribution in [3.05, 3.63) is 29.6 Å². The predicted molar refractivity (Wildman–Crippen MR) is 65.8 cm³/mol. The van der Waals surface area contributed by atoms with Crippen LogP contribution < -0.4 is 0 Å². The Hall–Kier alpha value is -0.970. The minimum Gasteiger partial charge on any atom is -0.386 e. The van der Waals surface area contributed by atoms with E-state index in [-0.39, 0.29) is 6.10 Å². The van der Waals surface area contributed by atoms with Crippen LogP contribution >= 0.6 is 0 Å². The summed E-state index contributed by atoms with van der Waals surface area (Å²) in [6.07, 6.45) is 2.74. The summed E-state index contributed by atoms with van der Waals surface area (Å²) in [6.45, 7) is 7.54. The maximum absolute atomic E-state index is 10.3. The zero-order valence-corrected chi connectivity index (χ0v) is 10.5. The summed E-state index contributed by atoms with van der Waals surface area (Å²) < 4.78 is 5.66. The van der Waals surface area contributed by atoms with E-state index in [1.807, 2.05) is 13.0 Å². The van der Waals surface area contributed by atoms with Gasteiger partial charge in [0, 0.05) is 31.0 Å². The van der Waals surface area contributed by atoms with Crippen molar-refractivity contribution in [3.63, 3.8) is 0 Å². The van der Waals surface area contributed by atoms with Gasteiger partial charge >= 0.3 is 0 Å². The summed E-state index contributed by atoms with van der Waals surface area (Å²) in [5.74, 6) is 0. The maximum Gasteiger partial charge on any atom is 0.108 e. The Balaban J connectivity index is 2.09. The number of morpholine rings is 1. The van der Waals surface area contributed by atoms with E-state index in [4.69, 9.17) is 4.74 Å². The van der Waals surface area contributed by atoms with Gasteiger partial charge in [0.1, 0.15) is 12.2 Å². The van der Waals surface area contributed by atoms with E-state index in [9.17, 15) is 5.11 Å². The average molecular weight is 236 g/mol. The van der Waals surface area contributed by atoms with Crippen LogP contribution in [0.4, 0.5) is 0 Å². The fourth-order valence-corrected chi connectivity index (χ4v) is 2.20. The van der Waals surface area contributed by atoms with E-state index in [1.54, 1.807) is 12.4 Å². The van der Waals surface area contributed by atoms with Crippen molar-refractivity contribution in [1.82, 2.24) is 9.88 Å². The first kappa shape index (κ1) is 12.5. The minimum absolute atomic E-state index is 0.147. The summed E-state index contributed by atoms with van der Waals surface area (Å²) >= 11 is 0. The van der Waals surface area contributed by atoms with E-state index in [1.165, 1.54) is 0 Å². The van der Waals surface area contributed by atoms with Gasteiger partial charge in [-0.25, -0.2) is 0 Å². The van der Waals surface area contributed by atoms with Crippen LogP contribution in [0.2, 0.25) is 0 Å². The van der Waals surface area contributed by atoms with Crippen LogP contribution in [0.15, 0.2) is 18.5 Å². The highest BCUT2D eigenvalue weighted by atomic mass is 16.5. The third kappa shape index (κ3) is 2.83. The number of ether oxygens (including phenoxy) is 1. The Bertz CT molecular complexity index is 370. The number of pyridine rings is 1. The first-order valence-corrected chi connectivity index (χ1v) is 6.15. The molecule has 2 unspecified atom stereocenters. The normalized spacial score (nSPS) is 23.6. The Morgan fingerprint density at radius 2 is 2.47 bits per heavy atom. The number of aliphatic hydroxyl groups excluding tert-OH is 1. The highest BCUT2D eigenvalue weighted by Gasteiger charge is 2.28. The quantitative estimate of drug-likeness (QED) is 0.855. The zero-order valence-electron chi connectivity index (χ0n) is 10.5. The van der Waals surface area contributed by atoms with E-state index in [2.05, 4.69) is 16.8 Å². The van der Waals surface area contributed by atoms with Crippen LogP contribution in [0.25, 0.3) is 0 Å². The Morgan fingerprint density at radius 3 is 3.18 bits per heavy atom. The molecule has 0 spiro atoms. The van der Waals surface area contributed by atoms with Crippen LogP contribution in [0.1, 0.15) is 24.2 Å². The summed E-state index contributed by atoms with van der Waals surface area (Å²) in [5.41, 5.74) is 1.93. The van der Waals surface area contributed by atoms with Gasteiger partial charge in [-0.3, -0.25) is 9.88 Å². The predicted octanol–water partition coefficient (Wildman–Crippen LogP) is 1.14. The maximum atomic E-state index is 10.3. The molecule has 94 valence electrons. The molecule has 1 N–H and O–H groups in total. The van der Waals surface area contributed by atoms with Crippen LogP contribution in [-0.4, -0.2) is 47.3 Å². The van der Waals surface area contributed by atoms with Gasteiger partial charge < -0.3 is 9.84 Å². The number of aromatic nitrogens is 1. The van der Waals surface area contributed by atoms with Gasteiger partial charge in [0.25, 0.3) is 0 Å². The van der Waals surface area contributed by atoms with Crippen molar-refractivity contribution in [3.8, 4) is 0 Å². The molecule has 1 saturated heterocycles. The summed E-state index contributed by atoms with van der Waals surface area (Å²) in [7, 11) is 0. The van der Waals surface area contributed by atoms with Gasteiger partial charge in [-0.1, -0.05) is 6.92 Å². The lowest BCUT2D eigenvalue weighted by Gasteiger charge is -2.34. The summed E-state index contributed by atoms with van der Waals surface area (Å²) in [5, 5.41) is 10.3. The number of hydrogen-bond donors (Lipinski definition) is 1. The van der Waals surface area contributed by atoms with Crippen LogP contribution in [-0.2, 0) is 4.74 Å². The lowest BCUT2D eigenvalue weighted by molar-refractivity contribution is -0.0891. The van der Waals surface area contributed by atoms with Crippen molar-refractivity contribution in [2.24, 2.45) is 0 Å². The molecule has 0 amide bonds. The van der Waals surface area contributed by atoms with Crippen LogP contribution in [0.3, 0.4) is 0 Å². The fraction of sp³-hybridized carbons (Fsp3) is 0.615. The molecule has 4 heteroatoms. The number of aryl methyl sites for hydroxylation is 1. The van der Waals surface area contributed by atoms with E-state index in [0.717, 1.165) is 30.8 Å². The number of rotatable bonds is 3. The lowest BCUT2D eigenvalue weighted by atomic mass is 10.0. The number of likely N-dealkylation sites (N-methyl/N-ethyl adjacent to an activating group) is 1. The molecule has 2 rings (SSSR count). The summed E-state index contributed by atoms with van der Waals surface area (Å²) in [6, 6.07) is 1.92. The molecule has 1 fully saturated rings. The van der Waals surface area contributed by atoms with Gasteiger partial charge in [0.05, 0.1) is 6.61 Å². The smallest absolute Gasteiger partial charge is 0.108 e. The van der Waals surface area contributed by atoms with Gasteiger partial charge in [0.15, 0.2) is 0 Å². The lowest BCUT2D eigenvalue weighted by Crippen LogP contribution is -2.44. The minimum atomic E-state index is -0.585. The van der Waals surface area contributed by atoms with Crippen molar-refractivity contribution in [2.75, 3.05) is 26.2 Å². The molecule has 2 heterocycles. The molecule has 0 saturated carbocycles. The van der Waals surface area contributed by atoms with Crippen molar-refractivity contribution in [1.29, 1.82) is 0 Å². The number of hydrogen-bond acceptors (Lipinski definition) is 4. The van der Waals surface area contributed by atoms with Gasteiger partial charge in [-0.2, -0.15) is 0 Å². The Kier molecular flexibility index (Phi) is 4.10. The fourth-order valence-electron chi connectivity index (χ4n) is 2.20. The Labute approximate surface area is 102 Å². The van der Waals surface area contributed by atoms with Crippen LogP contribution in [0, 0.1) is 6.92 Å². The molecule has 0 radical (unpaired) electrons. The molecule has 0 bridgehead atoms. The third-order valence-corrected chi connectivity index (χ3v) is 3.38. The zero-order chi connectivity index (χ0) is 12.3. The van der Waals surface area contributed by atoms with Gasteiger partial charge in [-0.15, -0.1) is 0 Å². The van der Waals surface area contributed by atoms with Crippen molar-refractivity contribution in [2.45, 2.75) is 26.1 Å². The highest BCUT2D eigenvalue weighted by Crippen LogP contribution is 2.24. The molecule has 1 aromatic rings. The second kappa shape index (κ2) is 5.58. The molecular weight excluding hydrogens is 216 g/mol. The molecule has 0 aliphatic carbocycles. The SMILES string of the molecule is CCN1CCOC(C(O)c2cnccc2C)C1. The van der Waals surface area contributed by atoms with Gasteiger partial charge in [-0.05, 0) is 25.1 Å². The first-order valence-electron chi connectivity index (χ1n) is 6.15. The summed E-state index contributed by atoms with van der Waals surface area (Å²) in [4.78, 5) is 6.37. The topological polar surface area (TPSA) is 45.6 Å². The third-order valence-electron chi connectivity index (χ3n) is 3.38. The second-order valence-electron chi connectivity index (χ2n) is 4.48. The van der Waals surface area contributed by atoms with E-state index < -0.39 is 6.10 Å². The Morgan fingerprint density at radius 1 is 1.65 bits per heavy atom. The van der Waals surface area contributed by atoms with Crippen LogP contribution in [0.5, 0.6) is 0 Å². The first-order chi connectivity index (χ1) is 8.22. The molecular formula is C13H20N2O2. The molecule has 4 nitrogen and oxygen atoms in total. The standard InChI is InChI=1S/C13H20N2O2/c1-3-15-6-7-17-12(9-15)13(16)11-8-14-5-4-10(11)2/h4-5,8,12-13,16H,3,6-7,9H2,1-2H3. The number of nitrogens with zero attached hydrogens (tertiary/aromatic N) is 2. The van der Waals surface area contributed by atoms with E-state index in [0.29, 0.717) is 6.61 Å². The molecule has 17 heavy (non-hydrogen) atoms. The second-order valence-corrected chi connectivity index (χ2v) is 4.48. The van der Waals surface area contributed by atoms with Crippen molar-refractivity contribution >= 4 is 0 Å². The highest BCUT2D eigenvalue weighted by molar-refractivity contribution is 5.24. The molecule has 2 atom stereocenters. The van der Waals surface area contributed by atoms with Crippen molar-refractivity contribution < 1.29 is 9.84 Å². The molecule has 1 aliphatic rings.